The van der Waals surface area contributed by atoms with E-state index in [1.807, 2.05) is 0 Å². The van der Waals surface area contributed by atoms with Gasteiger partial charge < -0.3 is 0 Å². The zero-order valence-corrected chi connectivity index (χ0v) is 7.22. The van der Waals surface area contributed by atoms with Crippen LogP contribution in [0.4, 0.5) is 0 Å². The van der Waals surface area contributed by atoms with Crippen LogP contribution in [0.3, 0.4) is 0 Å². The maximum atomic E-state index is 10.5. The van der Waals surface area contributed by atoms with Gasteiger partial charge in [-0.2, -0.15) is 8.42 Å². The second-order valence-corrected chi connectivity index (χ2v) is 5.64. The molecule has 0 aromatic carbocycles. The van der Waals surface area contributed by atoms with Crippen molar-refractivity contribution in [3.05, 3.63) is 0 Å². The summed E-state index contributed by atoms with van der Waals surface area (Å²) in [6.07, 6.45) is 0. The molecule has 0 N–H and O–H groups in total. The summed E-state index contributed by atoms with van der Waals surface area (Å²) in [4.78, 5) is 0. The molecule has 0 heterocycles. The molecule has 0 rings (SSSR count). The second-order valence-electron chi connectivity index (χ2n) is 1.43. The minimum atomic E-state index is -3.80. The first-order valence-electron chi connectivity index (χ1n) is 1.99. The van der Waals surface area contributed by atoms with Gasteiger partial charge in [0.15, 0.2) is 0 Å². The third-order valence-electron chi connectivity index (χ3n) is 0.658. The van der Waals surface area contributed by atoms with Crippen LogP contribution in [0.5, 0.6) is 0 Å². The molecule has 0 bridgehead atoms. The SMILES string of the molecule is COS(=O)(=O)C(C)(Cl)Cl. The highest BCUT2D eigenvalue weighted by atomic mass is 35.5. The topological polar surface area (TPSA) is 43.4 Å². The monoisotopic (exact) mass is 192 g/mol. The molecule has 0 spiro atoms. The van der Waals surface area contributed by atoms with E-state index in [1.54, 1.807) is 0 Å². The van der Waals surface area contributed by atoms with E-state index in [4.69, 9.17) is 23.2 Å². The van der Waals surface area contributed by atoms with Crippen LogP contribution in [0.15, 0.2) is 0 Å². The Kier molecular flexibility index (Phi) is 2.76. The normalized spacial score (nSPS) is 13.8. The Morgan fingerprint density at radius 3 is 1.78 bits per heavy atom. The van der Waals surface area contributed by atoms with Gasteiger partial charge in [-0.15, -0.1) is 0 Å². The van der Waals surface area contributed by atoms with Gasteiger partial charge in [-0.25, -0.2) is 0 Å². The summed E-state index contributed by atoms with van der Waals surface area (Å²) >= 11 is 10.4. The zero-order chi connectivity index (χ0) is 7.71. The largest absolute Gasteiger partial charge is 0.301 e. The number of hydrogen-bond acceptors (Lipinski definition) is 3. The van der Waals surface area contributed by atoms with Crippen molar-refractivity contribution in [2.24, 2.45) is 0 Å². The van der Waals surface area contributed by atoms with E-state index in [2.05, 4.69) is 4.18 Å². The van der Waals surface area contributed by atoms with E-state index < -0.39 is 13.8 Å². The Labute approximate surface area is 64.0 Å². The molecule has 0 saturated carbocycles. The highest BCUT2D eigenvalue weighted by Gasteiger charge is 2.34. The quantitative estimate of drug-likeness (QED) is 0.487. The first-order chi connectivity index (χ1) is 3.81. The molecule has 0 aliphatic rings. The fourth-order valence-electron chi connectivity index (χ4n) is 0.146. The summed E-state index contributed by atoms with van der Waals surface area (Å²) in [6, 6.07) is 0. The van der Waals surface area contributed by atoms with E-state index in [-0.39, 0.29) is 0 Å². The molecule has 0 aromatic heterocycles. The number of rotatable bonds is 2. The Bertz CT molecular complexity index is 178. The van der Waals surface area contributed by atoms with Gasteiger partial charge in [0.2, 0.25) is 3.67 Å². The fourth-order valence-corrected chi connectivity index (χ4v) is 0.817. The maximum Gasteiger partial charge on any atom is 0.301 e. The molecule has 6 heteroatoms. The van der Waals surface area contributed by atoms with E-state index in [1.165, 1.54) is 0 Å². The van der Waals surface area contributed by atoms with Crippen molar-refractivity contribution in [2.45, 2.75) is 10.6 Å². The second kappa shape index (κ2) is 2.62. The van der Waals surface area contributed by atoms with E-state index in [0.717, 1.165) is 14.0 Å². The van der Waals surface area contributed by atoms with Gasteiger partial charge in [-0.1, -0.05) is 23.2 Å². The Morgan fingerprint density at radius 1 is 1.44 bits per heavy atom. The average Bonchev–Trinajstić information content (AvgIpc) is 1.64. The van der Waals surface area contributed by atoms with Crippen LogP contribution in [-0.2, 0) is 14.3 Å². The minimum absolute atomic E-state index is 0.998. The molecule has 56 valence electrons. The van der Waals surface area contributed by atoms with Gasteiger partial charge in [0.1, 0.15) is 0 Å². The van der Waals surface area contributed by atoms with Crippen molar-refractivity contribution in [2.75, 3.05) is 7.11 Å². The van der Waals surface area contributed by atoms with Gasteiger partial charge in [0, 0.05) is 0 Å². The predicted molar refractivity (Wildman–Crippen MR) is 36.0 cm³/mol. The average molecular weight is 193 g/mol. The molecule has 0 unspecified atom stereocenters. The Balaban J connectivity index is 4.57. The predicted octanol–water partition coefficient (Wildman–Crippen LogP) is 1.11. The molecule has 0 aliphatic heterocycles. The van der Waals surface area contributed by atoms with Crippen molar-refractivity contribution < 1.29 is 12.6 Å². The highest BCUT2D eigenvalue weighted by molar-refractivity contribution is 7.91. The van der Waals surface area contributed by atoms with Gasteiger partial charge in [0.25, 0.3) is 0 Å². The summed E-state index contributed by atoms with van der Waals surface area (Å²) in [5.74, 6) is 0. The zero-order valence-electron chi connectivity index (χ0n) is 4.89. The molecule has 0 radical (unpaired) electrons. The van der Waals surface area contributed by atoms with Gasteiger partial charge in [-0.3, -0.25) is 4.18 Å². The van der Waals surface area contributed by atoms with Gasteiger partial charge in [-0.05, 0) is 6.92 Å². The molecule has 0 saturated heterocycles. The highest BCUT2D eigenvalue weighted by Crippen LogP contribution is 2.27. The van der Waals surface area contributed by atoms with Crippen molar-refractivity contribution in [3.63, 3.8) is 0 Å². The van der Waals surface area contributed by atoms with Gasteiger partial charge in [0.05, 0.1) is 7.11 Å². The standard InChI is InChI=1S/C3H6Cl2O3S/c1-3(4,5)9(6,7)8-2/h1-2H3. The minimum Gasteiger partial charge on any atom is -0.271 e. The van der Waals surface area contributed by atoms with E-state index >= 15 is 0 Å². The molecule has 9 heavy (non-hydrogen) atoms. The number of alkyl halides is 2. The molecular weight excluding hydrogens is 187 g/mol. The van der Waals surface area contributed by atoms with Crippen LogP contribution in [0.25, 0.3) is 0 Å². The van der Waals surface area contributed by atoms with Crippen molar-refractivity contribution in [3.8, 4) is 0 Å². The summed E-state index contributed by atoms with van der Waals surface area (Å²) in [6.45, 7) is 1.12. The van der Waals surface area contributed by atoms with Crippen LogP contribution in [0.1, 0.15) is 6.92 Å². The van der Waals surface area contributed by atoms with Gasteiger partial charge >= 0.3 is 10.1 Å². The maximum absolute atomic E-state index is 10.5. The Hall–Kier alpha value is 0.490. The van der Waals surface area contributed by atoms with Crippen molar-refractivity contribution in [1.82, 2.24) is 0 Å². The van der Waals surface area contributed by atoms with E-state index in [0.29, 0.717) is 0 Å². The lowest BCUT2D eigenvalue weighted by molar-refractivity contribution is 0.393. The van der Waals surface area contributed by atoms with E-state index in [9.17, 15) is 8.42 Å². The number of halogens is 2. The smallest absolute Gasteiger partial charge is 0.271 e. The molecule has 0 aromatic rings. The lowest BCUT2D eigenvalue weighted by Gasteiger charge is -2.10. The molecule has 0 aliphatic carbocycles. The Morgan fingerprint density at radius 2 is 1.78 bits per heavy atom. The summed E-state index contributed by atoms with van der Waals surface area (Å²) in [5.41, 5.74) is 0. The number of hydrogen-bond donors (Lipinski definition) is 0. The lowest BCUT2D eigenvalue weighted by atomic mass is 10.9. The first-order valence-corrected chi connectivity index (χ1v) is 4.15. The van der Waals surface area contributed by atoms with Crippen LogP contribution < -0.4 is 0 Å². The third kappa shape index (κ3) is 2.29. The molecular formula is C3H6Cl2O3S. The van der Waals surface area contributed by atoms with Crippen molar-refractivity contribution >= 4 is 33.3 Å². The molecule has 0 amide bonds. The lowest BCUT2D eigenvalue weighted by Crippen LogP contribution is -2.23. The first kappa shape index (κ1) is 9.49. The van der Waals surface area contributed by atoms with Crippen LogP contribution >= 0.6 is 23.2 Å². The third-order valence-corrected chi connectivity index (χ3v) is 3.11. The van der Waals surface area contributed by atoms with Crippen LogP contribution in [0, 0.1) is 0 Å². The van der Waals surface area contributed by atoms with Crippen LogP contribution in [0.2, 0.25) is 0 Å². The summed E-state index contributed by atoms with van der Waals surface area (Å²) < 4.78 is 23.2. The molecule has 0 fully saturated rings. The molecule has 0 atom stereocenters. The summed E-state index contributed by atoms with van der Waals surface area (Å²) in [7, 11) is -2.81. The molecule has 3 nitrogen and oxygen atoms in total. The fraction of sp³-hybridized carbons (Fsp3) is 1.00. The summed E-state index contributed by atoms with van der Waals surface area (Å²) in [5, 5.41) is 0. The van der Waals surface area contributed by atoms with Crippen molar-refractivity contribution in [1.29, 1.82) is 0 Å². The van der Waals surface area contributed by atoms with Crippen LogP contribution in [-0.4, -0.2) is 19.2 Å².